The molecule has 0 unspecified atom stereocenters. The van der Waals surface area contributed by atoms with Gasteiger partial charge in [0, 0.05) is 38.0 Å². The van der Waals surface area contributed by atoms with Gasteiger partial charge in [-0.05, 0) is 63.5 Å². The van der Waals surface area contributed by atoms with Crippen LogP contribution in [0.2, 0.25) is 25.7 Å². The van der Waals surface area contributed by atoms with Crippen LogP contribution in [0.25, 0.3) is 22.3 Å². The van der Waals surface area contributed by atoms with E-state index in [0.29, 0.717) is 84.1 Å². The van der Waals surface area contributed by atoms with E-state index < -0.39 is 20.0 Å². The summed E-state index contributed by atoms with van der Waals surface area (Å²) in [5.41, 5.74) is 8.15. The monoisotopic (exact) mass is 641 g/mol. The van der Waals surface area contributed by atoms with Crippen LogP contribution in [0.1, 0.15) is 54.6 Å². The number of benzene rings is 1. The molecule has 0 atom stereocenters. The smallest absolute Gasteiger partial charge is 0.404 e. The highest BCUT2D eigenvalue weighted by Crippen LogP contribution is 2.40. The van der Waals surface area contributed by atoms with Crippen molar-refractivity contribution in [3.63, 3.8) is 0 Å². The summed E-state index contributed by atoms with van der Waals surface area (Å²) in [5.74, 6) is 0.178. The Morgan fingerprint density at radius 2 is 1.82 bits per heavy atom. The summed E-state index contributed by atoms with van der Waals surface area (Å²) >= 11 is 0. The van der Waals surface area contributed by atoms with Gasteiger partial charge < -0.3 is 34.6 Å². The third kappa shape index (κ3) is 7.93. The van der Waals surface area contributed by atoms with E-state index in [1.165, 1.54) is 19.5 Å². The zero-order valence-corrected chi connectivity index (χ0v) is 27.8. The number of carbonyl (C=O) groups excluding carboxylic acids is 2. The first kappa shape index (κ1) is 32.7. The number of ether oxygens (including phenoxy) is 4. The van der Waals surface area contributed by atoms with E-state index in [9.17, 15) is 9.59 Å². The lowest BCUT2D eigenvalue weighted by molar-refractivity contribution is 0.0709. The molecule has 2 aromatic heterocycles. The lowest BCUT2D eigenvalue weighted by atomic mass is 9.92. The Kier molecular flexibility index (Phi) is 9.97. The molecule has 5 rings (SSSR count). The number of halogens is 1. The first-order valence-electron chi connectivity index (χ1n) is 15.6. The number of carbonyl (C=O) groups is 2. The van der Waals surface area contributed by atoms with Crippen molar-refractivity contribution in [3.05, 3.63) is 35.5 Å². The van der Waals surface area contributed by atoms with Gasteiger partial charge in [-0.2, -0.15) is 0 Å². The maximum Gasteiger partial charge on any atom is 0.404 e. The van der Waals surface area contributed by atoms with Gasteiger partial charge in [-0.1, -0.05) is 19.6 Å². The molecule has 13 heteroatoms. The van der Waals surface area contributed by atoms with Gasteiger partial charge in [-0.15, -0.1) is 0 Å². The Hall–Kier alpha value is -3.71. The second kappa shape index (κ2) is 13.7. The van der Waals surface area contributed by atoms with Crippen LogP contribution >= 0.6 is 0 Å². The fourth-order valence-corrected chi connectivity index (χ4v) is 6.45. The number of primary amides is 1. The molecule has 2 aliphatic carbocycles. The molecule has 2 amide bonds. The Morgan fingerprint density at radius 1 is 1.09 bits per heavy atom. The molecule has 244 valence electrons. The topological polar surface area (TPSA) is 140 Å². The molecule has 1 aromatic carbocycles. The molecule has 3 N–H and O–H groups in total. The maximum absolute atomic E-state index is 15.2. The van der Waals surface area contributed by atoms with Crippen LogP contribution in [-0.4, -0.2) is 67.1 Å². The third-order valence-electron chi connectivity index (χ3n) is 8.51. The maximum atomic E-state index is 15.2. The SMILES string of the molecule is COc1cc(OCC2CC2)c(-c2ncnc3c(C(=O)NC4CCC(OC(N)=O)CC4)c(C)n(COCC[Si](C)(C)C)c23)cc1F. The molecule has 0 saturated heterocycles. The number of hydrogen-bond acceptors (Lipinski definition) is 8. The van der Waals surface area contributed by atoms with Gasteiger partial charge in [-0.25, -0.2) is 19.2 Å². The number of hydrogen-bond donors (Lipinski definition) is 2. The lowest BCUT2D eigenvalue weighted by Gasteiger charge is -2.28. The van der Waals surface area contributed by atoms with Gasteiger partial charge in [-0.3, -0.25) is 4.79 Å². The van der Waals surface area contributed by atoms with Gasteiger partial charge in [0.1, 0.15) is 36.1 Å². The van der Waals surface area contributed by atoms with Gasteiger partial charge in [0.2, 0.25) is 0 Å². The predicted octanol–water partition coefficient (Wildman–Crippen LogP) is 5.79. The fourth-order valence-electron chi connectivity index (χ4n) is 5.69. The molecule has 2 saturated carbocycles. The summed E-state index contributed by atoms with van der Waals surface area (Å²) in [7, 11) is 0.0746. The van der Waals surface area contributed by atoms with E-state index >= 15 is 4.39 Å². The Labute approximate surface area is 264 Å². The number of nitrogens with one attached hydrogen (secondary N) is 1. The lowest BCUT2D eigenvalue weighted by Crippen LogP contribution is -2.40. The van der Waals surface area contributed by atoms with Gasteiger partial charge >= 0.3 is 6.09 Å². The van der Waals surface area contributed by atoms with Crippen molar-refractivity contribution in [3.8, 4) is 22.8 Å². The van der Waals surface area contributed by atoms with Crippen LogP contribution in [0.5, 0.6) is 11.5 Å². The molecule has 0 bridgehead atoms. The quantitative estimate of drug-likeness (QED) is 0.177. The van der Waals surface area contributed by atoms with Crippen molar-refractivity contribution >= 4 is 31.1 Å². The second-order valence-electron chi connectivity index (χ2n) is 13.3. The summed E-state index contributed by atoms with van der Waals surface area (Å²) in [4.78, 5) is 34.2. The van der Waals surface area contributed by atoms with Crippen LogP contribution in [0.3, 0.4) is 0 Å². The normalized spacial score (nSPS) is 18.5. The van der Waals surface area contributed by atoms with E-state index in [1.54, 1.807) is 6.07 Å². The summed E-state index contributed by atoms with van der Waals surface area (Å²) in [6.07, 6.45) is 5.07. The minimum atomic E-state index is -1.34. The second-order valence-corrected chi connectivity index (χ2v) is 18.9. The zero-order valence-electron chi connectivity index (χ0n) is 26.8. The fraction of sp³-hybridized carbons (Fsp3) is 0.562. The predicted molar refractivity (Wildman–Crippen MR) is 171 cm³/mol. The summed E-state index contributed by atoms with van der Waals surface area (Å²) < 4.78 is 39.9. The molecule has 2 heterocycles. The third-order valence-corrected chi connectivity index (χ3v) is 10.2. The molecular weight excluding hydrogens is 597 g/mol. The molecule has 0 radical (unpaired) electrons. The van der Waals surface area contributed by atoms with E-state index in [4.69, 9.17) is 24.7 Å². The van der Waals surface area contributed by atoms with E-state index in [2.05, 4.69) is 34.9 Å². The van der Waals surface area contributed by atoms with Crippen molar-refractivity contribution in [1.82, 2.24) is 19.9 Å². The van der Waals surface area contributed by atoms with Gasteiger partial charge in [0.25, 0.3) is 5.91 Å². The number of rotatable bonds is 13. The average molecular weight is 642 g/mol. The van der Waals surface area contributed by atoms with Crippen molar-refractivity contribution < 1.29 is 32.9 Å². The number of nitrogens with zero attached hydrogens (tertiary/aromatic N) is 3. The molecule has 2 fully saturated rings. The van der Waals surface area contributed by atoms with Gasteiger partial charge in [0.15, 0.2) is 11.6 Å². The number of nitrogens with two attached hydrogens (primary N) is 1. The standard InChI is InChI=1S/C32H44FN5O6Si/c1-19-27(31(39)37-21-8-10-22(11-9-21)44-32(34)40)29-30(38(19)18-42-12-13-45(3,4)5)28(35-17-36-29)23-14-24(33)26(41-2)15-25(23)43-16-20-6-7-20/h14-15,17,20-22H,6-13,16,18H2,1-5H3,(H2,34,40)(H,37,39). The van der Waals surface area contributed by atoms with Crippen LogP contribution in [-0.2, 0) is 16.2 Å². The van der Waals surface area contributed by atoms with Crippen molar-refractivity contribution in [2.24, 2.45) is 11.7 Å². The molecule has 11 nitrogen and oxygen atoms in total. The van der Waals surface area contributed by atoms with E-state index in [0.717, 1.165) is 18.9 Å². The molecule has 3 aromatic rings. The number of methoxy groups -OCH3 is 1. The van der Waals surface area contributed by atoms with Gasteiger partial charge in [0.05, 0.1) is 24.8 Å². The number of fused-ring (bicyclic) bond motifs is 1. The van der Waals surface area contributed by atoms with E-state index in [-0.39, 0.29) is 30.5 Å². The molecule has 0 spiro atoms. The summed E-state index contributed by atoms with van der Waals surface area (Å²) in [6, 6.07) is 3.80. The highest BCUT2D eigenvalue weighted by Gasteiger charge is 2.30. The largest absolute Gasteiger partial charge is 0.494 e. The summed E-state index contributed by atoms with van der Waals surface area (Å²) in [5, 5.41) is 3.16. The zero-order chi connectivity index (χ0) is 32.3. The first-order valence-corrected chi connectivity index (χ1v) is 19.3. The minimum absolute atomic E-state index is 0.0760. The van der Waals surface area contributed by atoms with Crippen LogP contribution in [0.4, 0.5) is 9.18 Å². The van der Waals surface area contributed by atoms with Crippen molar-refractivity contribution in [1.29, 1.82) is 0 Å². The first-order chi connectivity index (χ1) is 21.4. The van der Waals surface area contributed by atoms with E-state index in [1.807, 2.05) is 11.5 Å². The molecule has 45 heavy (non-hydrogen) atoms. The van der Waals surface area contributed by atoms with Crippen LogP contribution in [0.15, 0.2) is 18.5 Å². The van der Waals surface area contributed by atoms with Crippen LogP contribution in [0, 0.1) is 18.7 Å². The summed E-state index contributed by atoms with van der Waals surface area (Å²) in [6.45, 7) is 9.98. The van der Waals surface area contributed by atoms with Crippen molar-refractivity contribution in [2.45, 2.75) is 90.0 Å². The molecule has 0 aliphatic heterocycles. The molecule has 2 aliphatic rings. The Balaban J connectivity index is 1.53. The molecular formula is C32H44FN5O6Si. The average Bonchev–Trinajstić information content (AvgIpc) is 3.77. The number of aromatic nitrogens is 3. The highest BCUT2D eigenvalue weighted by molar-refractivity contribution is 6.76. The highest BCUT2D eigenvalue weighted by atomic mass is 28.3. The Morgan fingerprint density at radius 3 is 2.47 bits per heavy atom. The minimum Gasteiger partial charge on any atom is -0.494 e. The van der Waals surface area contributed by atoms with Crippen LogP contribution < -0.4 is 20.5 Å². The van der Waals surface area contributed by atoms with Crippen molar-refractivity contribution in [2.75, 3.05) is 20.3 Å². The number of amides is 2. The Bertz CT molecular complexity index is 1550.